The lowest BCUT2D eigenvalue weighted by Crippen LogP contribution is -1.92. The summed E-state index contributed by atoms with van der Waals surface area (Å²) in [5.74, 6) is 5.56. The maximum Gasteiger partial charge on any atom is 0.0324 e. The molecule has 0 saturated carbocycles. The molecule has 0 spiro atoms. The van der Waals surface area contributed by atoms with Gasteiger partial charge in [0.25, 0.3) is 0 Å². The van der Waals surface area contributed by atoms with Gasteiger partial charge in [0.1, 0.15) is 0 Å². The van der Waals surface area contributed by atoms with E-state index in [9.17, 15) is 0 Å². The summed E-state index contributed by atoms with van der Waals surface area (Å²) in [5, 5.41) is 0. The van der Waals surface area contributed by atoms with Gasteiger partial charge in [-0.05, 0) is 52.4 Å². The fourth-order valence-corrected chi connectivity index (χ4v) is 3.42. The molecule has 3 aromatic rings. The van der Waals surface area contributed by atoms with E-state index in [4.69, 9.17) is 12.8 Å². The molecular weight excluding hydrogens is 276 g/mol. The summed E-state index contributed by atoms with van der Waals surface area (Å²) >= 11 is 0. The number of benzene rings is 3. The third-order valence-electron chi connectivity index (χ3n) is 4.46. The van der Waals surface area contributed by atoms with Crippen LogP contribution in [0.5, 0.6) is 0 Å². The molecule has 0 unspecified atom stereocenters. The highest BCUT2D eigenvalue weighted by Crippen LogP contribution is 2.43. The van der Waals surface area contributed by atoms with Gasteiger partial charge < -0.3 is 0 Å². The first-order valence-corrected chi connectivity index (χ1v) is 7.59. The van der Waals surface area contributed by atoms with Crippen molar-refractivity contribution in [1.82, 2.24) is 0 Å². The summed E-state index contributed by atoms with van der Waals surface area (Å²) in [6, 6.07) is 20.8. The molecule has 106 valence electrons. The van der Waals surface area contributed by atoms with Crippen molar-refractivity contribution < 1.29 is 0 Å². The Morgan fingerprint density at radius 1 is 0.783 bits per heavy atom. The van der Waals surface area contributed by atoms with Crippen molar-refractivity contribution >= 4 is 0 Å². The van der Waals surface area contributed by atoms with Crippen molar-refractivity contribution in [3.8, 4) is 46.9 Å². The van der Waals surface area contributed by atoms with Gasteiger partial charge in [0, 0.05) is 16.7 Å². The van der Waals surface area contributed by atoms with E-state index in [-0.39, 0.29) is 0 Å². The summed E-state index contributed by atoms with van der Waals surface area (Å²) in [4.78, 5) is 0. The van der Waals surface area contributed by atoms with Crippen LogP contribution in [-0.2, 0) is 6.42 Å². The summed E-state index contributed by atoms with van der Waals surface area (Å²) < 4.78 is 0. The Morgan fingerprint density at radius 3 is 2.30 bits per heavy atom. The molecule has 0 aliphatic heterocycles. The number of fused-ring (bicyclic) bond motifs is 3. The Morgan fingerprint density at radius 2 is 1.57 bits per heavy atom. The Kier molecular flexibility index (Phi) is 3.04. The standard InChI is InChI=1S/C23H14/c1-3-16-10-12-20-19(14-16)15-22-21(20)13-11-17(4-2)23(22)18-8-6-5-7-9-18/h1-2,5-14H,15H2. The van der Waals surface area contributed by atoms with Crippen LogP contribution < -0.4 is 0 Å². The van der Waals surface area contributed by atoms with Crippen molar-refractivity contribution in [2.24, 2.45) is 0 Å². The molecule has 0 heteroatoms. The van der Waals surface area contributed by atoms with Crippen LogP contribution in [0.4, 0.5) is 0 Å². The van der Waals surface area contributed by atoms with Crippen molar-refractivity contribution in [3.05, 3.63) is 82.9 Å². The molecule has 0 bridgehead atoms. The van der Waals surface area contributed by atoms with Crippen LogP contribution in [-0.4, -0.2) is 0 Å². The summed E-state index contributed by atoms with van der Waals surface area (Å²) in [6.07, 6.45) is 12.2. The predicted molar refractivity (Wildman–Crippen MR) is 96.0 cm³/mol. The largest absolute Gasteiger partial charge is 0.115 e. The van der Waals surface area contributed by atoms with Gasteiger partial charge in [-0.3, -0.25) is 0 Å². The fourth-order valence-electron chi connectivity index (χ4n) is 3.42. The van der Waals surface area contributed by atoms with E-state index >= 15 is 0 Å². The molecule has 23 heavy (non-hydrogen) atoms. The van der Waals surface area contributed by atoms with Crippen LogP contribution in [0.25, 0.3) is 22.3 Å². The van der Waals surface area contributed by atoms with Gasteiger partial charge in [-0.1, -0.05) is 54.3 Å². The van der Waals surface area contributed by atoms with Gasteiger partial charge in [0.15, 0.2) is 0 Å². The molecule has 0 N–H and O–H groups in total. The minimum absolute atomic E-state index is 0.875. The van der Waals surface area contributed by atoms with E-state index in [1.807, 2.05) is 30.3 Å². The highest BCUT2D eigenvalue weighted by Gasteiger charge is 2.23. The monoisotopic (exact) mass is 290 g/mol. The Balaban J connectivity index is 1.98. The number of rotatable bonds is 1. The van der Waals surface area contributed by atoms with Gasteiger partial charge in [-0.2, -0.15) is 0 Å². The fraction of sp³-hybridized carbons (Fsp3) is 0.0435. The molecule has 0 fully saturated rings. The first kappa shape index (κ1) is 13.4. The van der Waals surface area contributed by atoms with Gasteiger partial charge >= 0.3 is 0 Å². The van der Waals surface area contributed by atoms with Crippen LogP contribution in [0.2, 0.25) is 0 Å². The maximum atomic E-state index is 5.76. The topological polar surface area (TPSA) is 0 Å². The normalized spacial score (nSPS) is 11.2. The number of hydrogen-bond donors (Lipinski definition) is 0. The zero-order chi connectivity index (χ0) is 15.8. The highest BCUT2D eigenvalue weighted by molar-refractivity contribution is 5.88. The first-order valence-electron chi connectivity index (χ1n) is 7.59. The molecule has 3 aromatic carbocycles. The van der Waals surface area contributed by atoms with E-state index in [2.05, 4.69) is 42.2 Å². The van der Waals surface area contributed by atoms with E-state index in [0.717, 1.165) is 17.5 Å². The maximum absolute atomic E-state index is 5.76. The molecule has 0 radical (unpaired) electrons. The summed E-state index contributed by atoms with van der Waals surface area (Å²) in [6.45, 7) is 0. The average molecular weight is 290 g/mol. The molecule has 0 aromatic heterocycles. The van der Waals surface area contributed by atoms with Crippen molar-refractivity contribution in [2.45, 2.75) is 6.42 Å². The molecule has 0 atom stereocenters. The van der Waals surface area contributed by atoms with Crippen molar-refractivity contribution in [3.63, 3.8) is 0 Å². The molecule has 0 saturated heterocycles. The van der Waals surface area contributed by atoms with Crippen LogP contribution in [0.15, 0.2) is 60.7 Å². The van der Waals surface area contributed by atoms with E-state index in [1.165, 1.54) is 33.4 Å². The highest BCUT2D eigenvalue weighted by atomic mass is 14.3. The second-order valence-electron chi connectivity index (χ2n) is 5.72. The number of terminal acetylenes is 2. The van der Waals surface area contributed by atoms with Crippen LogP contribution in [0.1, 0.15) is 22.3 Å². The number of hydrogen-bond acceptors (Lipinski definition) is 0. The van der Waals surface area contributed by atoms with Gasteiger partial charge in [0.05, 0.1) is 0 Å². The SMILES string of the molecule is C#Cc1ccc2c(c1)Cc1c-2ccc(C#C)c1-c1ccccc1. The Hall–Kier alpha value is -3.22. The van der Waals surface area contributed by atoms with Gasteiger partial charge in [0.2, 0.25) is 0 Å². The lowest BCUT2D eigenvalue weighted by Gasteiger charge is -2.12. The lowest BCUT2D eigenvalue weighted by atomic mass is 9.91. The van der Waals surface area contributed by atoms with E-state index in [1.54, 1.807) is 0 Å². The van der Waals surface area contributed by atoms with Crippen molar-refractivity contribution in [1.29, 1.82) is 0 Å². The lowest BCUT2D eigenvalue weighted by molar-refractivity contribution is 1.26. The van der Waals surface area contributed by atoms with Crippen LogP contribution in [0, 0.1) is 24.7 Å². The third kappa shape index (κ3) is 2.05. The third-order valence-corrected chi connectivity index (χ3v) is 4.46. The summed E-state index contributed by atoms with van der Waals surface area (Å²) in [7, 11) is 0. The molecule has 4 rings (SSSR count). The second kappa shape index (κ2) is 5.20. The molecule has 1 aliphatic rings. The second-order valence-corrected chi connectivity index (χ2v) is 5.72. The predicted octanol–water partition coefficient (Wildman–Crippen LogP) is 4.89. The van der Waals surface area contributed by atoms with E-state index in [0.29, 0.717) is 0 Å². The zero-order valence-electron chi connectivity index (χ0n) is 12.6. The Labute approximate surface area is 136 Å². The van der Waals surface area contributed by atoms with Crippen molar-refractivity contribution in [2.75, 3.05) is 0 Å². The van der Waals surface area contributed by atoms with Gasteiger partial charge in [-0.25, -0.2) is 0 Å². The first-order chi connectivity index (χ1) is 11.3. The molecule has 0 amide bonds. The smallest absolute Gasteiger partial charge is 0.0324 e. The van der Waals surface area contributed by atoms with Crippen LogP contribution >= 0.6 is 0 Å². The van der Waals surface area contributed by atoms with Crippen LogP contribution in [0.3, 0.4) is 0 Å². The molecule has 1 aliphatic carbocycles. The molecular formula is C23H14. The quantitative estimate of drug-likeness (QED) is 0.438. The van der Waals surface area contributed by atoms with E-state index < -0.39 is 0 Å². The Bertz CT molecular complexity index is 993. The molecule has 0 heterocycles. The minimum atomic E-state index is 0.875. The molecule has 0 nitrogen and oxygen atoms in total. The average Bonchev–Trinajstić information content (AvgIpc) is 2.98. The van der Waals surface area contributed by atoms with Gasteiger partial charge in [-0.15, -0.1) is 12.8 Å². The minimum Gasteiger partial charge on any atom is -0.115 e. The zero-order valence-corrected chi connectivity index (χ0v) is 12.6. The summed E-state index contributed by atoms with van der Waals surface area (Å²) in [5.41, 5.74) is 9.32.